The molecule has 0 aliphatic rings. The largest absolute Gasteiger partial charge is 0.481 e. The lowest BCUT2D eigenvalue weighted by Gasteiger charge is -2.10. The summed E-state index contributed by atoms with van der Waals surface area (Å²) in [5.74, 6) is -1.06. The Labute approximate surface area is 98.7 Å². The normalized spacial score (nSPS) is 10.7. The molecule has 0 aliphatic carbocycles. The molecule has 0 bridgehead atoms. The molecule has 15 heavy (non-hydrogen) atoms. The minimum absolute atomic E-state index is 0.172. The number of alkyl halides is 2. The molecule has 3 nitrogen and oxygen atoms in total. The summed E-state index contributed by atoms with van der Waals surface area (Å²) >= 11 is 1.73. The maximum Gasteiger partial charge on any atom is 0.307 e. The molecule has 1 heterocycles. The highest BCUT2D eigenvalue weighted by Crippen LogP contribution is 2.28. The molecule has 1 aromatic rings. The number of carboxylic acid groups (broad SMARTS) is 1. The van der Waals surface area contributed by atoms with E-state index in [2.05, 4.69) is 4.98 Å². The van der Waals surface area contributed by atoms with Crippen LogP contribution in [0.4, 0.5) is 8.78 Å². The lowest BCUT2D eigenvalue weighted by molar-refractivity contribution is -0.136. The van der Waals surface area contributed by atoms with Crippen LogP contribution in [0.3, 0.4) is 0 Å². The topological polar surface area (TPSA) is 50.2 Å². The van der Waals surface area contributed by atoms with E-state index in [0.717, 1.165) is 0 Å². The first-order valence-electron chi connectivity index (χ1n) is 4.07. The second-order valence-corrected chi connectivity index (χ2v) is 4.05. The molecule has 0 atom stereocenters. The Morgan fingerprint density at radius 3 is 2.73 bits per heavy atom. The molecule has 1 N–H and O–H groups in total. The van der Waals surface area contributed by atoms with Crippen LogP contribution in [0.2, 0.25) is 0 Å². The first kappa shape index (κ1) is 12.3. The summed E-state index contributed by atoms with van der Waals surface area (Å²) < 4.78 is 25.5. The number of carbonyl (C=O) groups is 1. The van der Waals surface area contributed by atoms with E-state index in [0.29, 0.717) is 5.56 Å². The van der Waals surface area contributed by atoms with Gasteiger partial charge in [0, 0.05) is 15.5 Å². The maximum atomic E-state index is 12.6. The number of hydrogen-bond acceptors (Lipinski definition) is 2. The molecule has 0 spiro atoms. The molecule has 0 aromatic carbocycles. The van der Waals surface area contributed by atoms with Crippen molar-refractivity contribution in [2.45, 2.75) is 19.8 Å². The minimum atomic E-state index is -2.63. The fraction of sp³-hybridized carbons (Fsp3) is 0.333. The van der Waals surface area contributed by atoms with Crippen LogP contribution in [0.15, 0.2) is 6.20 Å². The van der Waals surface area contributed by atoms with E-state index >= 15 is 0 Å². The van der Waals surface area contributed by atoms with Gasteiger partial charge in [0.05, 0.1) is 12.0 Å². The van der Waals surface area contributed by atoms with E-state index in [4.69, 9.17) is 5.11 Å². The van der Waals surface area contributed by atoms with Gasteiger partial charge in [-0.15, -0.1) is 0 Å². The maximum absolute atomic E-state index is 12.6. The van der Waals surface area contributed by atoms with Crippen molar-refractivity contribution in [3.63, 3.8) is 0 Å². The molecule has 82 valence electrons. The van der Waals surface area contributed by atoms with Crippen LogP contribution in [-0.4, -0.2) is 16.1 Å². The zero-order valence-corrected chi connectivity index (χ0v) is 9.96. The number of nitrogens with zero attached hydrogens (tertiary/aromatic N) is 1. The summed E-state index contributed by atoms with van der Waals surface area (Å²) in [5, 5.41) is 8.57. The van der Waals surface area contributed by atoms with Crippen LogP contribution in [-0.2, 0) is 11.2 Å². The number of aromatic nitrogens is 1. The fourth-order valence-corrected chi connectivity index (χ4v) is 2.13. The first-order valence-corrected chi connectivity index (χ1v) is 5.15. The Hall–Kier alpha value is -0.790. The Bertz CT molecular complexity index is 396. The van der Waals surface area contributed by atoms with E-state index in [1.54, 1.807) is 22.6 Å². The first-order chi connectivity index (χ1) is 6.93. The van der Waals surface area contributed by atoms with E-state index in [9.17, 15) is 13.6 Å². The average Bonchev–Trinajstić information content (AvgIpc) is 2.09. The minimum Gasteiger partial charge on any atom is -0.481 e. The van der Waals surface area contributed by atoms with Crippen LogP contribution in [0.5, 0.6) is 0 Å². The van der Waals surface area contributed by atoms with Gasteiger partial charge in [-0.25, -0.2) is 8.78 Å². The van der Waals surface area contributed by atoms with Gasteiger partial charge in [-0.2, -0.15) is 0 Å². The van der Waals surface area contributed by atoms with Crippen molar-refractivity contribution in [3.8, 4) is 0 Å². The highest BCUT2D eigenvalue weighted by Gasteiger charge is 2.19. The second kappa shape index (κ2) is 4.82. The third-order valence-electron chi connectivity index (χ3n) is 1.88. The molecule has 0 fully saturated rings. The lowest BCUT2D eigenvalue weighted by atomic mass is 10.1. The molecular weight excluding hydrogens is 319 g/mol. The number of pyridine rings is 1. The van der Waals surface area contributed by atoms with Gasteiger partial charge in [-0.3, -0.25) is 9.78 Å². The second-order valence-electron chi connectivity index (χ2n) is 2.97. The molecule has 0 unspecified atom stereocenters. The average molecular weight is 327 g/mol. The number of aliphatic carboxylic acids is 1. The molecule has 0 amide bonds. The van der Waals surface area contributed by atoms with Gasteiger partial charge in [0.2, 0.25) is 0 Å². The highest BCUT2D eigenvalue weighted by molar-refractivity contribution is 14.1. The smallest absolute Gasteiger partial charge is 0.307 e. The number of carboxylic acids is 1. The zero-order valence-electron chi connectivity index (χ0n) is 7.80. The Morgan fingerprint density at radius 2 is 2.27 bits per heavy atom. The number of aryl methyl sites for hydroxylation is 1. The van der Waals surface area contributed by atoms with E-state index < -0.39 is 12.4 Å². The monoisotopic (exact) mass is 327 g/mol. The van der Waals surface area contributed by atoms with Gasteiger partial charge in [0.25, 0.3) is 6.43 Å². The zero-order chi connectivity index (χ0) is 11.6. The molecule has 0 saturated carbocycles. The highest BCUT2D eigenvalue weighted by atomic mass is 127. The van der Waals surface area contributed by atoms with Crippen molar-refractivity contribution >= 4 is 28.6 Å². The van der Waals surface area contributed by atoms with Crippen molar-refractivity contribution in [2.24, 2.45) is 0 Å². The Balaban J connectivity index is 3.22. The quantitative estimate of drug-likeness (QED) is 0.868. The van der Waals surface area contributed by atoms with Crippen molar-refractivity contribution in [1.82, 2.24) is 4.98 Å². The van der Waals surface area contributed by atoms with Gasteiger partial charge >= 0.3 is 5.97 Å². The summed E-state index contributed by atoms with van der Waals surface area (Å²) in [6, 6.07) is 0. The van der Waals surface area contributed by atoms with Crippen LogP contribution < -0.4 is 0 Å². The molecule has 1 aromatic heterocycles. The SMILES string of the molecule is Cc1ncc(CC(=O)O)c(I)c1C(F)F. The van der Waals surface area contributed by atoms with E-state index in [-0.39, 0.29) is 21.2 Å². The molecule has 6 heteroatoms. The fourth-order valence-electron chi connectivity index (χ4n) is 1.17. The molecule has 0 radical (unpaired) electrons. The van der Waals surface area contributed by atoms with Gasteiger partial charge in [-0.05, 0) is 35.1 Å². The lowest BCUT2D eigenvalue weighted by Crippen LogP contribution is -2.07. The van der Waals surface area contributed by atoms with Crippen LogP contribution in [0.1, 0.15) is 23.2 Å². The van der Waals surface area contributed by atoms with Crippen molar-refractivity contribution in [2.75, 3.05) is 0 Å². The summed E-state index contributed by atoms with van der Waals surface area (Å²) in [7, 11) is 0. The number of hydrogen-bond donors (Lipinski definition) is 1. The molecular formula is C9H8F2INO2. The third-order valence-corrected chi connectivity index (χ3v) is 3.16. The Kier molecular flexibility index (Phi) is 3.95. The van der Waals surface area contributed by atoms with Crippen LogP contribution in [0.25, 0.3) is 0 Å². The van der Waals surface area contributed by atoms with Gasteiger partial charge in [0.15, 0.2) is 0 Å². The van der Waals surface area contributed by atoms with Crippen molar-refractivity contribution < 1.29 is 18.7 Å². The number of rotatable bonds is 3. The summed E-state index contributed by atoms with van der Waals surface area (Å²) in [5.41, 5.74) is 0.391. The van der Waals surface area contributed by atoms with Crippen molar-refractivity contribution in [3.05, 3.63) is 26.6 Å². The predicted octanol–water partition coefficient (Wildman–Crippen LogP) is 2.56. The third kappa shape index (κ3) is 2.83. The summed E-state index contributed by atoms with van der Waals surface area (Å²) in [6.45, 7) is 1.48. The van der Waals surface area contributed by atoms with Gasteiger partial charge in [-0.1, -0.05) is 0 Å². The summed E-state index contributed by atoms with van der Waals surface area (Å²) in [4.78, 5) is 14.2. The van der Waals surface area contributed by atoms with Crippen LogP contribution >= 0.6 is 22.6 Å². The molecule has 0 saturated heterocycles. The molecule has 0 aliphatic heterocycles. The van der Waals surface area contributed by atoms with E-state index in [1.807, 2.05) is 0 Å². The predicted molar refractivity (Wildman–Crippen MR) is 58.0 cm³/mol. The van der Waals surface area contributed by atoms with Crippen molar-refractivity contribution in [1.29, 1.82) is 0 Å². The Morgan fingerprint density at radius 1 is 1.67 bits per heavy atom. The van der Waals surface area contributed by atoms with E-state index in [1.165, 1.54) is 13.1 Å². The molecule has 1 rings (SSSR count). The standard InChI is InChI=1S/C9H8F2INO2/c1-4-7(9(10)11)8(12)5(3-13-4)2-6(14)15/h3,9H,2H2,1H3,(H,14,15). The van der Waals surface area contributed by atoms with Gasteiger partial charge in [0.1, 0.15) is 0 Å². The summed E-state index contributed by atoms with van der Waals surface area (Å²) in [6.07, 6.45) is -1.58. The number of halogens is 3. The van der Waals surface area contributed by atoms with Crippen LogP contribution in [0, 0.1) is 10.5 Å². The van der Waals surface area contributed by atoms with Gasteiger partial charge < -0.3 is 5.11 Å².